The van der Waals surface area contributed by atoms with Gasteiger partial charge in [0.25, 0.3) is 0 Å². The standard InChI is InChI=1S/C14H18N4O6/c1-13(5-23-12(20)22-2)11(19)14(21,6-24-13)9-4-3-8-10(15)16-7-17-18(8)9/h3-4,7,11,19,21H,5-6H2,1-2H3,(H2,15,16,17)/t11-,13-,14?/m1/s1. The van der Waals surface area contributed by atoms with E-state index in [9.17, 15) is 15.0 Å². The van der Waals surface area contributed by atoms with Gasteiger partial charge in [0.1, 0.15) is 30.2 Å². The number of nitrogens with two attached hydrogens (primary N) is 1. The number of carbonyl (C=O) groups excluding carboxylic acids is 1. The Labute approximate surface area is 136 Å². The van der Waals surface area contributed by atoms with Crippen molar-refractivity contribution in [2.75, 3.05) is 26.1 Å². The van der Waals surface area contributed by atoms with Gasteiger partial charge in [-0.15, -0.1) is 0 Å². The molecule has 4 N–H and O–H groups in total. The summed E-state index contributed by atoms with van der Waals surface area (Å²) < 4.78 is 16.2. The Hall–Kier alpha value is -2.43. The highest BCUT2D eigenvalue weighted by molar-refractivity contribution is 5.65. The zero-order valence-electron chi connectivity index (χ0n) is 13.2. The summed E-state index contributed by atoms with van der Waals surface area (Å²) in [6.07, 6.45) is -1.04. The number of hydrogen-bond donors (Lipinski definition) is 3. The summed E-state index contributed by atoms with van der Waals surface area (Å²) in [7, 11) is 1.17. The van der Waals surface area contributed by atoms with Gasteiger partial charge in [-0.1, -0.05) is 0 Å². The number of nitrogen functional groups attached to an aromatic ring is 1. The molecule has 0 bridgehead atoms. The molecule has 24 heavy (non-hydrogen) atoms. The molecule has 2 aromatic rings. The minimum Gasteiger partial charge on any atom is -0.438 e. The number of aromatic nitrogens is 3. The van der Waals surface area contributed by atoms with Crippen LogP contribution in [0.2, 0.25) is 0 Å². The molecule has 2 aromatic heterocycles. The molecule has 0 radical (unpaired) electrons. The van der Waals surface area contributed by atoms with Gasteiger partial charge in [0.15, 0.2) is 11.4 Å². The number of anilines is 1. The van der Waals surface area contributed by atoms with Gasteiger partial charge < -0.3 is 30.2 Å². The third-order valence-electron chi connectivity index (χ3n) is 4.22. The zero-order chi connectivity index (χ0) is 17.5. The molecular formula is C14H18N4O6. The summed E-state index contributed by atoms with van der Waals surface area (Å²) in [6, 6.07) is 3.22. The van der Waals surface area contributed by atoms with Crippen LogP contribution in [0.5, 0.6) is 0 Å². The van der Waals surface area contributed by atoms with E-state index in [1.165, 1.54) is 24.9 Å². The second kappa shape index (κ2) is 5.58. The van der Waals surface area contributed by atoms with Gasteiger partial charge in [-0.2, -0.15) is 5.10 Å². The monoisotopic (exact) mass is 338 g/mol. The number of fused-ring (bicyclic) bond motifs is 1. The molecule has 1 aliphatic rings. The lowest BCUT2D eigenvalue weighted by Gasteiger charge is -2.31. The van der Waals surface area contributed by atoms with Gasteiger partial charge in [-0.25, -0.2) is 14.3 Å². The number of aliphatic hydroxyl groups is 2. The van der Waals surface area contributed by atoms with Crippen molar-refractivity contribution in [2.45, 2.75) is 24.2 Å². The smallest absolute Gasteiger partial charge is 0.438 e. The van der Waals surface area contributed by atoms with Gasteiger partial charge in [0, 0.05) is 0 Å². The van der Waals surface area contributed by atoms with Crippen LogP contribution in [0.4, 0.5) is 10.6 Å². The molecule has 1 fully saturated rings. The van der Waals surface area contributed by atoms with Crippen LogP contribution in [0.1, 0.15) is 12.6 Å². The number of ether oxygens (including phenoxy) is 3. The fraction of sp³-hybridized carbons (Fsp3) is 0.500. The molecular weight excluding hydrogens is 320 g/mol. The van der Waals surface area contributed by atoms with E-state index in [1.54, 1.807) is 12.1 Å². The van der Waals surface area contributed by atoms with E-state index in [0.717, 1.165) is 0 Å². The Morgan fingerprint density at radius 1 is 1.58 bits per heavy atom. The summed E-state index contributed by atoms with van der Waals surface area (Å²) in [4.78, 5) is 15.0. The summed E-state index contributed by atoms with van der Waals surface area (Å²) in [5.74, 6) is 0.241. The quantitative estimate of drug-likeness (QED) is 0.627. The lowest BCUT2D eigenvalue weighted by molar-refractivity contribution is -0.106. The SMILES string of the molecule is COC(=O)OC[C@@]1(C)OCC(O)(c2ccc3c(N)ncnn23)[C@@H]1O. The van der Waals surface area contributed by atoms with Crippen LogP contribution < -0.4 is 5.73 Å². The van der Waals surface area contributed by atoms with Gasteiger partial charge in [0.2, 0.25) is 0 Å². The van der Waals surface area contributed by atoms with Crippen molar-refractivity contribution in [3.05, 3.63) is 24.2 Å². The predicted molar refractivity (Wildman–Crippen MR) is 80.0 cm³/mol. The molecule has 3 atom stereocenters. The first-order valence-electron chi connectivity index (χ1n) is 7.15. The number of nitrogens with zero attached hydrogens (tertiary/aromatic N) is 3. The molecule has 0 aromatic carbocycles. The molecule has 1 unspecified atom stereocenters. The van der Waals surface area contributed by atoms with Crippen molar-refractivity contribution in [3.63, 3.8) is 0 Å². The van der Waals surface area contributed by atoms with E-state index in [-0.39, 0.29) is 19.0 Å². The van der Waals surface area contributed by atoms with Crippen LogP contribution in [0.3, 0.4) is 0 Å². The lowest BCUT2D eigenvalue weighted by Crippen LogP contribution is -2.50. The fourth-order valence-electron chi connectivity index (χ4n) is 2.81. The Bertz CT molecular complexity index is 780. The molecule has 0 spiro atoms. The number of methoxy groups -OCH3 is 1. The number of carbonyl (C=O) groups is 1. The fourth-order valence-corrected chi connectivity index (χ4v) is 2.81. The molecule has 10 nitrogen and oxygen atoms in total. The van der Waals surface area contributed by atoms with Gasteiger partial charge >= 0.3 is 6.16 Å². The van der Waals surface area contributed by atoms with E-state index in [4.69, 9.17) is 15.2 Å². The maximum atomic E-state index is 11.1. The van der Waals surface area contributed by atoms with E-state index >= 15 is 0 Å². The van der Waals surface area contributed by atoms with E-state index in [1.807, 2.05) is 0 Å². The normalized spacial score (nSPS) is 29.8. The average molecular weight is 338 g/mol. The first-order valence-corrected chi connectivity index (χ1v) is 7.15. The van der Waals surface area contributed by atoms with E-state index in [2.05, 4.69) is 14.8 Å². The van der Waals surface area contributed by atoms with Crippen molar-refractivity contribution in [2.24, 2.45) is 0 Å². The van der Waals surface area contributed by atoms with Crippen molar-refractivity contribution in [3.8, 4) is 0 Å². The largest absolute Gasteiger partial charge is 0.508 e. The van der Waals surface area contributed by atoms with E-state index in [0.29, 0.717) is 11.2 Å². The molecule has 3 rings (SSSR count). The average Bonchev–Trinajstić information content (AvgIpc) is 3.11. The van der Waals surface area contributed by atoms with Crippen molar-refractivity contribution >= 4 is 17.5 Å². The van der Waals surface area contributed by atoms with Crippen LogP contribution in [-0.2, 0) is 19.8 Å². The highest BCUT2D eigenvalue weighted by Crippen LogP contribution is 2.41. The number of rotatable bonds is 3. The summed E-state index contributed by atoms with van der Waals surface area (Å²) in [6.45, 7) is 1.02. The second-order valence-electron chi connectivity index (χ2n) is 5.83. The molecule has 3 heterocycles. The number of hydrogen-bond acceptors (Lipinski definition) is 9. The summed E-state index contributed by atoms with van der Waals surface area (Å²) >= 11 is 0. The summed E-state index contributed by atoms with van der Waals surface area (Å²) in [5, 5.41) is 25.7. The first-order chi connectivity index (χ1) is 11.3. The topological polar surface area (TPSA) is 141 Å². The number of aliphatic hydroxyl groups excluding tert-OH is 1. The summed E-state index contributed by atoms with van der Waals surface area (Å²) in [5.41, 5.74) is 3.49. The van der Waals surface area contributed by atoms with Crippen molar-refractivity contribution < 1.29 is 29.2 Å². The van der Waals surface area contributed by atoms with E-state index < -0.39 is 23.5 Å². The highest BCUT2D eigenvalue weighted by atomic mass is 16.7. The molecule has 0 amide bonds. The molecule has 0 aliphatic carbocycles. The maximum Gasteiger partial charge on any atom is 0.508 e. The molecule has 130 valence electrons. The third-order valence-corrected chi connectivity index (χ3v) is 4.22. The first kappa shape index (κ1) is 16.4. The van der Waals surface area contributed by atoms with Gasteiger partial charge in [-0.05, 0) is 19.1 Å². The maximum absolute atomic E-state index is 11.1. The Morgan fingerprint density at radius 3 is 3.04 bits per heavy atom. The van der Waals surface area contributed by atoms with Crippen LogP contribution in [-0.4, -0.2) is 63.0 Å². The minimum absolute atomic E-state index is 0.217. The van der Waals surface area contributed by atoms with Crippen LogP contribution >= 0.6 is 0 Å². The molecule has 1 aliphatic heterocycles. The predicted octanol–water partition coefficient (Wildman–Crippen LogP) is -0.568. The van der Waals surface area contributed by atoms with Crippen molar-refractivity contribution in [1.82, 2.24) is 14.6 Å². The Kier molecular flexibility index (Phi) is 3.82. The molecule has 0 saturated carbocycles. The minimum atomic E-state index is -1.76. The van der Waals surface area contributed by atoms with Crippen LogP contribution in [0.25, 0.3) is 5.52 Å². The zero-order valence-corrected chi connectivity index (χ0v) is 13.2. The van der Waals surface area contributed by atoms with Crippen molar-refractivity contribution in [1.29, 1.82) is 0 Å². The van der Waals surface area contributed by atoms with Crippen LogP contribution in [0.15, 0.2) is 18.5 Å². The second-order valence-corrected chi connectivity index (χ2v) is 5.83. The highest BCUT2D eigenvalue weighted by Gasteiger charge is 2.58. The third kappa shape index (κ3) is 2.35. The molecule has 1 saturated heterocycles. The Morgan fingerprint density at radius 2 is 2.33 bits per heavy atom. The Balaban J connectivity index is 1.93. The van der Waals surface area contributed by atoms with Gasteiger partial charge in [-0.3, -0.25) is 0 Å². The van der Waals surface area contributed by atoms with Crippen LogP contribution in [0, 0.1) is 0 Å². The molecule has 10 heteroatoms. The van der Waals surface area contributed by atoms with Gasteiger partial charge in [0.05, 0.1) is 19.4 Å². The lowest BCUT2D eigenvalue weighted by atomic mass is 9.86.